The lowest BCUT2D eigenvalue weighted by molar-refractivity contribution is 0.592. The van der Waals surface area contributed by atoms with Crippen LogP contribution >= 0.6 is 0 Å². The number of nitrogens with one attached hydrogen (secondary N) is 2. The van der Waals surface area contributed by atoms with Gasteiger partial charge in [-0.3, -0.25) is 0 Å². The van der Waals surface area contributed by atoms with Crippen molar-refractivity contribution >= 4 is 0 Å². The molecule has 2 rings (SSSR count). The maximum Gasteiger partial charge on any atom is 0.0210 e. The average molecular weight is 246 g/mol. The van der Waals surface area contributed by atoms with Crippen molar-refractivity contribution in [3.8, 4) is 0 Å². The van der Waals surface area contributed by atoms with E-state index in [1.54, 1.807) is 0 Å². The summed E-state index contributed by atoms with van der Waals surface area (Å²) in [6.07, 6.45) is 3.99. The summed E-state index contributed by atoms with van der Waals surface area (Å²) in [7, 11) is 0. The predicted molar refractivity (Wildman–Crippen MR) is 78.0 cm³/mol. The van der Waals surface area contributed by atoms with E-state index in [4.69, 9.17) is 0 Å². The van der Waals surface area contributed by atoms with E-state index in [9.17, 15) is 0 Å². The third kappa shape index (κ3) is 4.11. The lowest BCUT2D eigenvalue weighted by atomic mass is 10.00. The highest BCUT2D eigenvalue weighted by atomic mass is 14.9. The van der Waals surface area contributed by atoms with Gasteiger partial charge in [-0.1, -0.05) is 17.7 Å². The van der Waals surface area contributed by atoms with Crippen molar-refractivity contribution in [2.24, 2.45) is 0 Å². The minimum absolute atomic E-state index is 0.839. The van der Waals surface area contributed by atoms with Gasteiger partial charge in [-0.25, -0.2) is 0 Å². The van der Waals surface area contributed by atoms with Crippen LogP contribution in [0.3, 0.4) is 0 Å². The molecule has 0 amide bonds. The molecule has 18 heavy (non-hydrogen) atoms. The van der Waals surface area contributed by atoms with Gasteiger partial charge < -0.3 is 10.6 Å². The largest absolute Gasteiger partial charge is 0.314 e. The maximum absolute atomic E-state index is 3.56. The Kier molecular flexibility index (Phi) is 4.79. The van der Waals surface area contributed by atoms with Gasteiger partial charge in [0, 0.05) is 12.6 Å². The van der Waals surface area contributed by atoms with Crippen molar-refractivity contribution in [2.45, 2.75) is 52.6 Å². The van der Waals surface area contributed by atoms with Crippen molar-refractivity contribution in [1.29, 1.82) is 0 Å². The van der Waals surface area contributed by atoms with E-state index in [2.05, 4.69) is 43.5 Å². The Morgan fingerprint density at radius 1 is 1.06 bits per heavy atom. The molecule has 1 fully saturated rings. The van der Waals surface area contributed by atoms with Gasteiger partial charge in [0.05, 0.1) is 0 Å². The van der Waals surface area contributed by atoms with Crippen LogP contribution in [0.4, 0.5) is 0 Å². The van der Waals surface area contributed by atoms with E-state index in [1.807, 2.05) is 0 Å². The maximum atomic E-state index is 3.56. The van der Waals surface area contributed by atoms with Gasteiger partial charge in [0.15, 0.2) is 0 Å². The van der Waals surface area contributed by atoms with Crippen molar-refractivity contribution in [3.63, 3.8) is 0 Å². The van der Waals surface area contributed by atoms with E-state index >= 15 is 0 Å². The van der Waals surface area contributed by atoms with E-state index in [0.29, 0.717) is 0 Å². The number of aryl methyl sites for hydroxylation is 3. The van der Waals surface area contributed by atoms with Crippen molar-refractivity contribution in [3.05, 3.63) is 34.4 Å². The second-order valence-electron chi connectivity index (χ2n) is 5.64. The van der Waals surface area contributed by atoms with E-state index < -0.39 is 0 Å². The van der Waals surface area contributed by atoms with Crippen LogP contribution in [0.2, 0.25) is 0 Å². The Hall–Kier alpha value is -0.860. The first-order valence-electron chi connectivity index (χ1n) is 7.17. The van der Waals surface area contributed by atoms with Crippen molar-refractivity contribution < 1.29 is 0 Å². The smallest absolute Gasteiger partial charge is 0.0210 e. The summed E-state index contributed by atoms with van der Waals surface area (Å²) in [6, 6.07) is 5.39. The quantitative estimate of drug-likeness (QED) is 0.723. The van der Waals surface area contributed by atoms with Gasteiger partial charge in [0.2, 0.25) is 0 Å². The summed E-state index contributed by atoms with van der Waals surface area (Å²) in [5.41, 5.74) is 5.66. The fraction of sp³-hybridized carbons (Fsp3) is 0.625. The summed E-state index contributed by atoms with van der Waals surface area (Å²) in [5, 5.41) is 7.10. The zero-order valence-electron chi connectivity index (χ0n) is 12.0. The first kappa shape index (κ1) is 13.6. The van der Waals surface area contributed by atoms with Gasteiger partial charge in [-0.05, 0) is 69.8 Å². The Bertz CT molecular complexity index is 371. The molecular weight excluding hydrogens is 220 g/mol. The minimum Gasteiger partial charge on any atom is -0.314 e. The fourth-order valence-corrected chi connectivity index (χ4v) is 2.51. The topological polar surface area (TPSA) is 24.1 Å². The summed E-state index contributed by atoms with van der Waals surface area (Å²) < 4.78 is 0. The lowest BCUT2D eigenvalue weighted by Crippen LogP contribution is -2.23. The molecule has 1 aromatic carbocycles. The third-order valence-electron chi connectivity index (χ3n) is 3.68. The van der Waals surface area contributed by atoms with Crippen LogP contribution < -0.4 is 10.6 Å². The first-order chi connectivity index (χ1) is 8.66. The number of hydrogen-bond acceptors (Lipinski definition) is 2. The van der Waals surface area contributed by atoms with E-state index in [1.165, 1.54) is 41.5 Å². The molecule has 0 radical (unpaired) electrons. The Labute approximate surface area is 111 Å². The standard InChI is InChI=1S/C16H26N2/c1-12-9-13(2)16(14(3)10-12)11-17-7-4-8-18-15-5-6-15/h9-10,15,17-18H,4-8,11H2,1-3H3. The molecule has 1 saturated carbocycles. The SMILES string of the molecule is Cc1cc(C)c(CNCCCNC2CC2)c(C)c1. The Morgan fingerprint density at radius 3 is 2.33 bits per heavy atom. The molecular formula is C16H26N2. The summed E-state index contributed by atoms with van der Waals surface area (Å²) in [4.78, 5) is 0. The van der Waals surface area contributed by atoms with E-state index in [0.717, 1.165) is 25.7 Å². The average Bonchev–Trinajstić information content (AvgIpc) is 3.09. The van der Waals surface area contributed by atoms with Crippen LogP contribution in [0, 0.1) is 20.8 Å². The molecule has 2 nitrogen and oxygen atoms in total. The van der Waals surface area contributed by atoms with Crippen LogP contribution in [-0.4, -0.2) is 19.1 Å². The summed E-state index contributed by atoms with van der Waals surface area (Å²) >= 11 is 0. The molecule has 0 saturated heterocycles. The number of benzene rings is 1. The minimum atomic E-state index is 0.839. The van der Waals surface area contributed by atoms with Crippen molar-refractivity contribution in [1.82, 2.24) is 10.6 Å². The third-order valence-corrected chi connectivity index (χ3v) is 3.68. The zero-order chi connectivity index (χ0) is 13.0. The second kappa shape index (κ2) is 6.35. The van der Waals surface area contributed by atoms with Gasteiger partial charge in [-0.15, -0.1) is 0 Å². The highest BCUT2D eigenvalue weighted by Gasteiger charge is 2.19. The predicted octanol–water partition coefficient (Wildman–Crippen LogP) is 2.84. The normalized spacial score (nSPS) is 15.1. The molecule has 0 aliphatic heterocycles. The molecule has 0 unspecified atom stereocenters. The lowest BCUT2D eigenvalue weighted by Gasteiger charge is -2.12. The Morgan fingerprint density at radius 2 is 1.72 bits per heavy atom. The Balaban J connectivity index is 1.68. The van der Waals surface area contributed by atoms with Gasteiger partial charge in [0.25, 0.3) is 0 Å². The second-order valence-corrected chi connectivity index (χ2v) is 5.64. The molecule has 1 aliphatic rings. The molecule has 2 heteroatoms. The van der Waals surface area contributed by atoms with Crippen LogP contribution in [0.1, 0.15) is 41.5 Å². The first-order valence-corrected chi connectivity index (χ1v) is 7.17. The molecule has 100 valence electrons. The molecule has 0 spiro atoms. The highest BCUT2D eigenvalue weighted by Crippen LogP contribution is 2.18. The summed E-state index contributed by atoms with van der Waals surface area (Å²) in [5.74, 6) is 0. The van der Waals surface area contributed by atoms with Gasteiger partial charge in [-0.2, -0.15) is 0 Å². The van der Waals surface area contributed by atoms with Crippen molar-refractivity contribution in [2.75, 3.05) is 13.1 Å². The molecule has 0 aromatic heterocycles. The molecule has 0 bridgehead atoms. The molecule has 1 aromatic rings. The van der Waals surface area contributed by atoms with E-state index in [-0.39, 0.29) is 0 Å². The highest BCUT2D eigenvalue weighted by molar-refractivity contribution is 5.37. The van der Waals surface area contributed by atoms with Crippen LogP contribution in [0.15, 0.2) is 12.1 Å². The van der Waals surface area contributed by atoms with Gasteiger partial charge in [0.1, 0.15) is 0 Å². The van der Waals surface area contributed by atoms with Crippen LogP contribution in [-0.2, 0) is 6.54 Å². The van der Waals surface area contributed by atoms with Crippen LogP contribution in [0.25, 0.3) is 0 Å². The fourth-order valence-electron chi connectivity index (χ4n) is 2.51. The number of rotatable bonds is 7. The zero-order valence-corrected chi connectivity index (χ0v) is 12.0. The molecule has 0 heterocycles. The van der Waals surface area contributed by atoms with Gasteiger partial charge >= 0.3 is 0 Å². The molecule has 0 atom stereocenters. The summed E-state index contributed by atoms with van der Waals surface area (Å²) in [6.45, 7) is 9.86. The molecule has 2 N–H and O–H groups in total. The number of hydrogen-bond donors (Lipinski definition) is 2. The van der Waals surface area contributed by atoms with Crippen LogP contribution in [0.5, 0.6) is 0 Å². The monoisotopic (exact) mass is 246 g/mol. The molecule has 1 aliphatic carbocycles.